The molecule has 250 valence electrons. The van der Waals surface area contributed by atoms with Crippen molar-refractivity contribution in [3.63, 3.8) is 0 Å². The fourth-order valence-electron chi connectivity index (χ4n) is 6.18. The molecule has 0 unspecified atom stereocenters. The fourth-order valence-corrected chi connectivity index (χ4v) is 7.02. The minimum absolute atomic E-state index is 0.0456. The van der Waals surface area contributed by atoms with Gasteiger partial charge in [0.1, 0.15) is 5.01 Å². The largest absolute Gasteiger partial charge is 0.480 e. The molecule has 1 amide bonds. The van der Waals surface area contributed by atoms with Crippen LogP contribution in [0.1, 0.15) is 86.6 Å². The molecule has 8 heteroatoms. The van der Waals surface area contributed by atoms with E-state index in [2.05, 4.69) is 86.4 Å². The molecule has 0 radical (unpaired) electrons. The van der Waals surface area contributed by atoms with Gasteiger partial charge in [-0.3, -0.25) is 14.5 Å². The van der Waals surface area contributed by atoms with E-state index in [1.807, 2.05) is 37.4 Å². The molecule has 4 rings (SSSR count). The predicted molar refractivity (Wildman–Crippen MR) is 195 cm³/mol. The van der Waals surface area contributed by atoms with Gasteiger partial charge < -0.3 is 15.3 Å². The van der Waals surface area contributed by atoms with Gasteiger partial charge in [0.25, 0.3) is 0 Å². The first kappa shape index (κ1) is 35.8. The molecule has 0 bridgehead atoms. The SMILES string of the molecule is CCCC(CCC)c1ccc(N(Cc2ccc(-c3csc(CN(CC(=O)O)CC(=O)Nc4cc(C)cc(C)c4)n3)cc2)C(C)C)cc1. The fraction of sp³-hybridized carbons (Fsp3) is 0.410. The molecular formula is C39H50N4O3S. The van der Waals surface area contributed by atoms with Gasteiger partial charge in [-0.2, -0.15) is 0 Å². The van der Waals surface area contributed by atoms with Gasteiger partial charge in [0.15, 0.2) is 0 Å². The van der Waals surface area contributed by atoms with Gasteiger partial charge in [0.2, 0.25) is 5.91 Å². The van der Waals surface area contributed by atoms with Crippen LogP contribution in [0.25, 0.3) is 11.3 Å². The number of carbonyl (C=O) groups excluding carboxylic acids is 1. The lowest BCUT2D eigenvalue weighted by Crippen LogP contribution is -2.36. The smallest absolute Gasteiger partial charge is 0.317 e. The maximum absolute atomic E-state index is 12.8. The highest BCUT2D eigenvalue weighted by molar-refractivity contribution is 7.09. The summed E-state index contributed by atoms with van der Waals surface area (Å²) in [6.45, 7) is 13.7. The highest BCUT2D eigenvalue weighted by atomic mass is 32.1. The Bertz CT molecular complexity index is 1570. The number of aromatic nitrogens is 1. The van der Waals surface area contributed by atoms with Crippen LogP contribution in [-0.2, 0) is 22.7 Å². The number of hydrogen-bond donors (Lipinski definition) is 2. The number of hydrogen-bond acceptors (Lipinski definition) is 6. The second-order valence-corrected chi connectivity index (χ2v) is 13.8. The third-order valence-electron chi connectivity index (χ3n) is 8.34. The number of thiazole rings is 1. The maximum Gasteiger partial charge on any atom is 0.317 e. The summed E-state index contributed by atoms with van der Waals surface area (Å²) in [4.78, 5) is 33.2. The maximum atomic E-state index is 12.8. The van der Waals surface area contributed by atoms with Crippen molar-refractivity contribution in [1.29, 1.82) is 0 Å². The molecule has 0 saturated heterocycles. The van der Waals surface area contributed by atoms with Crippen LogP contribution in [0, 0.1) is 13.8 Å². The normalized spacial score (nSPS) is 11.4. The average molecular weight is 655 g/mol. The summed E-state index contributed by atoms with van der Waals surface area (Å²) in [6.07, 6.45) is 4.89. The van der Waals surface area contributed by atoms with E-state index in [0.717, 1.165) is 33.9 Å². The molecule has 4 aromatic rings. The quantitative estimate of drug-likeness (QED) is 0.118. The number of carboxylic acids is 1. The molecule has 0 aliphatic carbocycles. The minimum Gasteiger partial charge on any atom is -0.480 e. The zero-order valence-electron chi connectivity index (χ0n) is 28.8. The topological polar surface area (TPSA) is 85.8 Å². The summed E-state index contributed by atoms with van der Waals surface area (Å²) >= 11 is 1.47. The molecule has 2 N–H and O–H groups in total. The summed E-state index contributed by atoms with van der Waals surface area (Å²) in [5, 5.41) is 15.2. The van der Waals surface area contributed by atoms with Gasteiger partial charge in [-0.1, -0.05) is 69.2 Å². The number of nitrogens with zero attached hydrogens (tertiary/aromatic N) is 3. The molecule has 0 aliphatic heterocycles. The molecule has 0 aliphatic rings. The van der Waals surface area contributed by atoms with Crippen molar-refractivity contribution in [2.24, 2.45) is 0 Å². The monoisotopic (exact) mass is 654 g/mol. The van der Waals surface area contributed by atoms with E-state index in [4.69, 9.17) is 4.98 Å². The van der Waals surface area contributed by atoms with Crippen molar-refractivity contribution < 1.29 is 14.7 Å². The summed E-state index contributed by atoms with van der Waals surface area (Å²) in [5.41, 5.74) is 8.56. The van der Waals surface area contributed by atoms with Gasteiger partial charge >= 0.3 is 5.97 Å². The van der Waals surface area contributed by atoms with Crippen LogP contribution in [0.5, 0.6) is 0 Å². The number of carboxylic acid groups (broad SMARTS) is 1. The Kier molecular flexibility index (Phi) is 13.1. The summed E-state index contributed by atoms with van der Waals surface area (Å²) in [6, 6.07) is 23.9. The van der Waals surface area contributed by atoms with E-state index < -0.39 is 5.97 Å². The lowest BCUT2D eigenvalue weighted by atomic mass is 9.90. The van der Waals surface area contributed by atoms with E-state index in [-0.39, 0.29) is 25.5 Å². The first-order valence-corrected chi connectivity index (χ1v) is 17.6. The molecule has 0 atom stereocenters. The van der Waals surface area contributed by atoms with Crippen LogP contribution in [0.15, 0.2) is 72.1 Å². The van der Waals surface area contributed by atoms with Gasteiger partial charge in [0, 0.05) is 34.9 Å². The molecule has 47 heavy (non-hydrogen) atoms. The first-order valence-electron chi connectivity index (χ1n) is 16.8. The highest BCUT2D eigenvalue weighted by Gasteiger charge is 2.18. The zero-order chi connectivity index (χ0) is 33.9. The van der Waals surface area contributed by atoms with Gasteiger partial charge in [-0.05, 0) is 93.0 Å². The van der Waals surface area contributed by atoms with Crippen LogP contribution >= 0.6 is 11.3 Å². The van der Waals surface area contributed by atoms with Crippen molar-refractivity contribution in [2.45, 2.75) is 92.3 Å². The van der Waals surface area contributed by atoms with Crippen molar-refractivity contribution >= 4 is 34.6 Å². The molecule has 0 fully saturated rings. The number of aliphatic carboxylic acids is 1. The second kappa shape index (κ2) is 17.2. The summed E-state index contributed by atoms with van der Waals surface area (Å²) in [7, 11) is 0. The number of carbonyl (C=O) groups is 2. The Morgan fingerprint density at radius 3 is 2.09 bits per heavy atom. The van der Waals surface area contributed by atoms with Gasteiger partial charge in [0.05, 0.1) is 25.3 Å². The van der Waals surface area contributed by atoms with E-state index >= 15 is 0 Å². The van der Waals surface area contributed by atoms with Crippen molar-refractivity contribution in [3.05, 3.63) is 99.4 Å². The van der Waals surface area contributed by atoms with Crippen LogP contribution in [-0.4, -0.2) is 46.0 Å². The Labute approximate surface area is 284 Å². The van der Waals surface area contributed by atoms with E-state index in [1.54, 1.807) is 4.90 Å². The Hall–Kier alpha value is -4.01. The average Bonchev–Trinajstić information content (AvgIpc) is 3.47. The van der Waals surface area contributed by atoms with Crippen LogP contribution in [0.4, 0.5) is 11.4 Å². The third-order valence-corrected chi connectivity index (χ3v) is 9.17. The minimum atomic E-state index is -0.986. The number of nitrogens with one attached hydrogen (secondary N) is 1. The van der Waals surface area contributed by atoms with Crippen LogP contribution in [0.3, 0.4) is 0 Å². The standard InChI is InChI=1S/C39H50N4O3S/c1-7-9-31(10-8-2)32-15-17-35(18-16-32)43(27(3)4)22-30-11-13-33(14-12-30)36-26-47-38(41-36)24-42(25-39(45)46)23-37(44)40-34-20-28(5)19-29(6)21-34/h11-21,26-27,31H,7-10,22-25H2,1-6H3,(H,40,44)(H,45,46). The first-order chi connectivity index (χ1) is 22.5. The van der Waals surface area contributed by atoms with Crippen molar-refractivity contribution in [2.75, 3.05) is 23.3 Å². The van der Waals surface area contributed by atoms with Crippen molar-refractivity contribution in [3.8, 4) is 11.3 Å². The Morgan fingerprint density at radius 1 is 0.872 bits per heavy atom. The molecule has 1 heterocycles. The number of aryl methyl sites for hydroxylation is 2. The second-order valence-electron chi connectivity index (χ2n) is 12.9. The van der Waals surface area contributed by atoms with E-state index in [0.29, 0.717) is 17.6 Å². The number of amides is 1. The number of benzene rings is 3. The third kappa shape index (κ3) is 10.8. The molecule has 0 saturated carbocycles. The Balaban J connectivity index is 1.40. The summed E-state index contributed by atoms with van der Waals surface area (Å²) in [5.74, 6) is -0.606. The van der Waals surface area contributed by atoms with Gasteiger partial charge in [-0.15, -0.1) is 11.3 Å². The molecule has 1 aromatic heterocycles. The van der Waals surface area contributed by atoms with Gasteiger partial charge in [-0.25, -0.2) is 4.98 Å². The highest BCUT2D eigenvalue weighted by Crippen LogP contribution is 2.30. The molecule has 0 spiro atoms. The van der Waals surface area contributed by atoms with Crippen molar-refractivity contribution in [1.82, 2.24) is 9.88 Å². The van der Waals surface area contributed by atoms with Crippen LogP contribution < -0.4 is 10.2 Å². The summed E-state index contributed by atoms with van der Waals surface area (Å²) < 4.78 is 0. The lowest BCUT2D eigenvalue weighted by Gasteiger charge is -2.30. The number of anilines is 2. The number of rotatable bonds is 17. The lowest BCUT2D eigenvalue weighted by molar-refractivity contribution is -0.138. The molecular weight excluding hydrogens is 605 g/mol. The predicted octanol–water partition coefficient (Wildman–Crippen LogP) is 9.05. The zero-order valence-corrected chi connectivity index (χ0v) is 29.6. The van der Waals surface area contributed by atoms with Crippen LogP contribution in [0.2, 0.25) is 0 Å². The van der Waals surface area contributed by atoms with E-state index in [1.165, 1.54) is 53.8 Å². The Morgan fingerprint density at radius 2 is 1.51 bits per heavy atom. The van der Waals surface area contributed by atoms with E-state index in [9.17, 15) is 14.7 Å². The molecule has 7 nitrogen and oxygen atoms in total. The molecule has 3 aromatic carbocycles.